The highest BCUT2D eigenvalue weighted by Crippen LogP contribution is 2.14. The predicted molar refractivity (Wildman–Crippen MR) is 92.6 cm³/mol. The smallest absolute Gasteiger partial charge is 0.390 e. The second kappa shape index (κ2) is 11.4. The summed E-state index contributed by atoms with van der Waals surface area (Å²) in [5.74, 6) is 0. The van der Waals surface area contributed by atoms with Crippen molar-refractivity contribution in [2.75, 3.05) is 41.0 Å². The maximum atomic E-state index is 5.38. The first-order chi connectivity index (χ1) is 10.8. The summed E-state index contributed by atoms with van der Waals surface area (Å²) in [6.07, 6.45) is 5.02. The molecule has 0 saturated carbocycles. The minimum atomic E-state index is -2.40. The van der Waals surface area contributed by atoms with Gasteiger partial charge >= 0.3 is 8.80 Å². The van der Waals surface area contributed by atoms with E-state index in [-0.39, 0.29) is 0 Å². The van der Waals surface area contributed by atoms with Gasteiger partial charge in [-0.2, -0.15) is 0 Å². The molecule has 0 unspecified atom stereocenters. The Hall–Kier alpha value is -1.18. The lowest BCUT2D eigenvalue weighted by Crippen LogP contribution is -2.43. The lowest BCUT2D eigenvalue weighted by atomic mass is 10.2. The van der Waals surface area contributed by atoms with Crippen LogP contribution in [0, 0.1) is 0 Å². The number of nitrogens with one attached hydrogen (secondary N) is 2. The topological polar surface area (TPSA) is 51.8 Å². The highest BCUT2D eigenvalue weighted by Gasteiger charge is 2.36. The quantitative estimate of drug-likeness (QED) is 0.455. The van der Waals surface area contributed by atoms with Crippen LogP contribution in [0.5, 0.6) is 0 Å². The third kappa shape index (κ3) is 7.19. The molecule has 0 radical (unpaired) electrons. The van der Waals surface area contributed by atoms with Gasteiger partial charge in [0.05, 0.1) is 0 Å². The molecule has 0 heterocycles. The van der Waals surface area contributed by atoms with Crippen LogP contribution in [0.3, 0.4) is 0 Å². The molecule has 1 rings (SSSR count). The van der Waals surface area contributed by atoms with E-state index in [2.05, 4.69) is 28.8 Å². The van der Waals surface area contributed by atoms with E-state index in [4.69, 9.17) is 13.3 Å². The molecule has 0 spiro atoms. The van der Waals surface area contributed by atoms with E-state index in [9.17, 15) is 0 Å². The minimum absolute atomic E-state index is 0.824. The molecule has 0 fully saturated rings. The van der Waals surface area contributed by atoms with Gasteiger partial charge in [-0.15, -0.1) is 0 Å². The van der Waals surface area contributed by atoms with Crippen molar-refractivity contribution in [2.24, 2.45) is 0 Å². The van der Waals surface area contributed by atoms with Gasteiger partial charge in [-0.3, -0.25) is 0 Å². The van der Waals surface area contributed by atoms with E-state index in [0.717, 1.165) is 32.1 Å². The molecule has 0 aliphatic rings. The van der Waals surface area contributed by atoms with Crippen LogP contribution >= 0.6 is 0 Å². The summed E-state index contributed by atoms with van der Waals surface area (Å²) < 4.78 is 16.1. The standard InChI is InChI=1S/C16H28N2O3Si/c1-19-22(20-2,21-3)15-7-11-17-13-14-18-12-10-16-8-5-4-6-9-16/h4-6,8-10,12,17-18H,7,11,13-15H2,1-3H3. The Morgan fingerprint density at radius 1 is 0.955 bits per heavy atom. The summed E-state index contributed by atoms with van der Waals surface area (Å²) in [6.45, 7) is 2.74. The SMILES string of the molecule is CO[Si](CCCNCCNC=Cc1ccccc1)(OC)OC. The fraction of sp³-hybridized carbons (Fsp3) is 0.500. The molecule has 6 heteroatoms. The first-order valence-electron chi connectivity index (χ1n) is 7.57. The summed E-state index contributed by atoms with van der Waals surface area (Å²) in [7, 11) is 2.54. The number of hydrogen-bond donors (Lipinski definition) is 2. The molecule has 0 saturated heterocycles. The Balaban J connectivity index is 2.03. The third-order valence-electron chi connectivity index (χ3n) is 3.41. The van der Waals surface area contributed by atoms with Crippen LogP contribution in [0.15, 0.2) is 36.5 Å². The van der Waals surface area contributed by atoms with E-state index in [0.29, 0.717) is 0 Å². The normalized spacial score (nSPS) is 12.0. The maximum Gasteiger partial charge on any atom is 0.500 e. The molecule has 0 amide bonds. The molecule has 2 N–H and O–H groups in total. The molecule has 0 aromatic heterocycles. The maximum absolute atomic E-state index is 5.38. The summed E-state index contributed by atoms with van der Waals surface area (Å²) >= 11 is 0. The van der Waals surface area contributed by atoms with Crippen LogP contribution in [0.1, 0.15) is 12.0 Å². The Morgan fingerprint density at radius 3 is 2.27 bits per heavy atom. The van der Waals surface area contributed by atoms with E-state index in [1.807, 2.05) is 24.4 Å². The van der Waals surface area contributed by atoms with Gasteiger partial charge in [-0.1, -0.05) is 30.3 Å². The summed E-state index contributed by atoms with van der Waals surface area (Å²) in [5.41, 5.74) is 1.20. The zero-order valence-electron chi connectivity index (χ0n) is 13.8. The van der Waals surface area contributed by atoms with Gasteiger partial charge in [-0.05, 0) is 30.8 Å². The largest absolute Gasteiger partial charge is 0.500 e. The summed E-state index contributed by atoms with van der Waals surface area (Å²) in [6, 6.07) is 11.1. The van der Waals surface area contributed by atoms with Crippen LogP contribution in [0.4, 0.5) is 0 Å². The van der Waals surface area contributed by atoms with Gasteiger partial charge < -0.3 is 23.9 Å². The van der Waals surface area contributed by atoms with Crippen molar-refractivity contribution in [1.82, 2.24) is 10.6 Å². The van der Waals surface area contributed by atoms with Crippen LogP contribution in [-0.4, -0.2) is 49.8 Å². The molecule has 1 aromatic rings. The van der Waals surface area contributed by atoms with Gasteiger partial charge in [0.25, 0.3) is 0 Å². The average molecular weight is 324 g/mol. The van der Waals surface area contributed by atoms with Gasteiger partial charge in [0.1, 0.15) is 0 Å². The summed E-state index contributed by atoms with van der Waals surface area (Å²) in [4.78, 5) is 0. The fourth-order valence-corrected chi connectivity index (χ4v) is 3.80. The Kier molecular flexibility index (Phi) is 9.77. The Bertz CT molecular complexity index is 403. The van der Waals surface area contributed by atoms with Crippen LogP contribution in [0.2, 0.25) is 6.04 Å². The molecule has 0 aliphatic carbocycles. The van der Waals surface area contributed by atoms with Gasteiger partial charge in [0.2, 0.25) is 0 Å². The lowest BCUT2D eigenvalue weighted by Gasteiger charge is -2.24. The highest BCUT2D eigenvalue weighted by atomic mass is 28.4. The van der Waals surface area contributed by atoms with Crippen LogP contribution in [0.25, 0.3) is 6.08 Å². The zero-order chi connectivity index (χ0) is 16.1. The van der Waals surface area contributed by atoms with Crippen LogP contribution in [-0.2, 0) is 13.3 Å². The highest BCUT2D eigenvalue weighted by molar-refractivity contribution is 6.60. The predicted octanol–water partition coefficient (Wildman–Crippen LogP) is 2.10. The number of rotatable bonds is 12. The second-order valence-electron chi connectivity index (χ2n) is 4.85. The van der Waals surface area contributed by atoms with E-state index in [1.165, 1.54) is 5.56 Å². The van der Waals surface area contributed by atoms with Gasteiger partial charge in [-0.25, -0.2) is 0 Å². The van der Waals surface area contributed by atoms with Crippen molar-refractivity contribution in [1.29, 1.82) is 0 Å². The van der Waals surface area contributed by atoms with Crippen LogP contribution < -0.4 is 10.6 Å². The molecule has 1 aromatic carbocycles. The zero-order valence-corrected chi connectivity index (χ0v) is 14.8. The minimum Gasteiger partial charge on any atom is -0.390 e. The Morgan fingerprint density at radius 2 is 1.64 bits per heavy atom. The van der Waals surface area contributed by atoms with Crippen molar-refractivity contribution >= 4 is 14.9 Å². The second-order valence-corrected chi connectivity index (χ2v) is 7.94. The molecule has 124 valence electrons. The van der Waals surface area contributed by atoms with E-state index < -0.39 is 8.80 Å². The van der Waals surface area contributed by atoms with Gasteiger partial charge in [0.15, 0.2) is 0 Å². The van der Waals surface area contributed by atoms with Gasteiger partial charge in [0, 0.05) is 40.5 Å². The van der Waals surface area contributed by atoms with Crippen molar-refractivity contribution in [3.05, 3.63) is 42.1 Å². The van der Waals surface area contributed by atoms with Crippen molar-refractivity contribution < 1.29 is 13.3 Å². The molecule has 5 nitrogen and oxygen atoms in total. The van der Waals surface area contributed by atoms with E-state index >= 15 is 0 Å². The molecule has 0 bridgehead atoms. The monoisotopic (exact) mass is 324 g/mol. The molecule has 0 atom stereocenters. The first-order valence-corrected chi connectivity index (χ1v) is 9.50. The number of hydrogen-bond acceptors (Lipinski definition) is 5. The molecule has 22 heavy (non-hydrogen) atoms. The van der Waals surface area contributed by atoms with Crippen molar-refractivity contribution in [2.45, 2.75) is 12.5 Å². The van der Waals surface area contributed by atoms with Crippen molar-refractivity contribution in [3.8, 4) is 0 Å². The Labute approximate surface area is 135 Å². The molecular formula is C16H28N2O3Si. The molecular weight excluding hydrogens is 296 g/mol. The van der Waals surface area contributed by atoms with E-state index in [1.54, 1.807) is 21.3 Å². The average Bonchev–Trinajstić information content (AvgIpc) is 2.58. The number of benzene rings is 1. The first kappa shape index (κ1) is 18.9. The lowest BCUT2D eigenvalue weighted by molar-refractivity contribution is 0.123. The fourth-order valence-electron chi connectivity index (χ4n) is 2.07. The van der Waals surface area contributed by atoms with Crippen molar-refractivity contribution in [3.63, 3.8) is 0 Å². The third-order valence-corrected chi connectivity index (χ3v) is 6.24. The summed E-state index contributed by atoms with van der Waals surface area (Å²) in [5, 5.41) is 6.65. The molecule has 0 aliphatic heterocycles.